The van der Waals surface area contributed by atoms with Crippen molar-refractivity contribution in [3.8, 4) is 5.82 Å². The van der Waals surface area contributed by atoms with Crippen LogP contribution in [0.25, 0.3) is 5.82 Å². The lowest BCUT2D eigenvalue weighted by Crippen LogP contribution is -2.49. The first kappa shape index (κ1) is 19.9. The Morgan fingerprint density at radius 2 is 1.77 bits per heavy atom. The van der Waals surface area contributed by atoms with E-state index in [-0.39, 0.29) is 5.91 Å². The van der Waals surface area contributed by atoms with Gasteiger partial charge in [0.05, 0.1) is 17.1 Å². The third-order valence-corrected chi connectivity index (χ3v) is 5.61. The van der Waals surface area contributed by atoms with Gasteiger partial charge in [-0.1, -0.05) is 12.1 Å². The predicted molar refractivity (Wildman–Crippen MR) is 120 cm³/mol. The number of aryl methyl sites for hydroxylation is 1. The third-order valence-electron chi connectivity index (χ3n) is 5.61. The molecule has 1 saturated heterocycles. The van der Waals surface area contributed by atoms with Crippen molar-refractivity contribution in [2.24, 2.45) is 0 Å². The normalized spacial score (nSPS) is 14.1. The van der Waals surface area contributed by atoms with Gasteiger partial charge in [-0.2, -0.15) is 5.10 Å². The second kappa shape index (κ2) is 8.18. The van der Waals surface area contributed by atoms with Gasteiger partial charge >= 0.3 is 0 Å². The highest BCUT2D eigenvalue weighted by atomic mass is 16.2. The van der Waals surface area contributed by atoms with Gasteiger partial charge in [-0.15, -0.1) is 0 Å². The van der Waals surface area contributed by atoms with Crippen LogP contribution in [-0.2, 0) is 0 Å². The monoisotopic (exact) mass is 404 g/mol. The van der Waals surface area contributed by atoms with Gasteiger partial charge in [-0.05, 0) is 44.2 Å². The van der Waals surface area contributed by atoms with Crippen LogP contribution in [0.2, 0.25) is 0 Å². The van der Waals surface area contributed by atoms with Crippen molar-refractivity contribution in [2.45, 2.75) is 13.8 Å². The Labute approximate surface area is 177 Å². The van der Waals surface area contributed by atoms with Crippen LogP contribution in [-0.4, -0.2) is 65.8 Å². The van der Waals surface area contributed by atoms with E-state index in [2.05, 4.69) is 16.8 Å². The number of carbonyl (C=O) groups is 1. The van der Waals surface area contributed by atoms with Gasteiger partial charge < -0.3 is 14.7 Å². The summed E-state index contributed by atoms with van der Waals surface area (Å²) in [6.45, 7) is 7.07. The highest BCUT2D eigenvalue weighted by Crippen LogP contribution is 2.27. The molecule has 4 rings (SSSR count). The second-order valence-electron chi connectivity index (χ2n) is 7.84. The zero-order chi connectivity index (χ0) is 21.3. The largest absolute Gasteiger partial charge is 0.378 e. The smallest absolute Gasteiger partial charge is 0.254 e. The second-order valence-corrected chi connectivity index (χ2v) is 7.84. The van der Waals surface area contributed by atoms with Crippen molar-refractivity contribution in [1.82, 2.24) is 19.7 Å². The van der Waals surface area contributed by atoms with Gasteiger partial charge in [-0.3, -0.25) is 4.79 Å². The summed E-state index contributed by atoms with van der Waals surface area (Å²) in [5.74, 6) is 0.912. The van der Waals surface area contributed by atoms with Crippen molar-refractivity contribution in [2.75, 3.05) is 50.1 Å². The fourth-order valence-electron chi connectivity index (χ4n) is 4.03. The number of carbonyl (C=O) groups excluding carboxylic acids is 1. The van der Waals surface area contributed by atoms with Crippen molar-refractivity contribution in [3.63, 3.8) is 0 Å². The Bertz CT molecular complexity index is 1040. The minimum absolute atomic E-state index is 0.0935. The summed E-state index contributed by atoms with van der Waals surface area (Å²) in [6, 6.07) is 13.6. The molecule has 1 aliphatic rings. The van der Waals surface area contributed by atoms with Crippen molar-refractivity contribution < 1.29 is 4.79 Å². The number of aromatic nitrogens is 3. The average Bonchev–Trinajstić information content (AvgIpc) is 3.08. The number of hydrogen-bond acceptors (Lipinski definition) is 5. The van der Waals surface area contributed by atoms with Gasteiger partial charge in [0.2, 0.25) is 0 Å². The Balaban J connectivity index is 1.48. The first-order valence-corrected chi connectivity index (χ1v) is 10.2. The van der Waals surface area contributed by atoms with Crippen molar-refractivity contribution in [1.29, 1.82) is 0 Å². The molecule has 30 heavy (non-hydrogen) atoms. The summed E-state index contributed by atoms with van der Waals surface area (Å²) in [5.41, 5.74) is 4.97. The van der Waals surface area contributed by atoms with Crippen LogP contribution in [0, 0.1) is 13.8 Å². The van der Waals surface area contributed by atoms with E-state index in [0.717, 1.165) is 47.2 Å². The fourth-order valence-corrected chi connectivity index (χ4v) is 4.03. The van der Waals surface area contributed by atoms with Gasteiger partial charge in [0.25, 0.3) is 5.91 Å². The molecule has 0 bridgehead atoms. The maximum absolute atomic E-state index is 13.0. The molecule has 0 aliphatic carbocycles. The fraction of sp³-hybridized carbons (Fsp3) is 0.348. The van der Waals surface area contributed by atoms with Crippen LogP contribution in [0.15, 0.2) is 48.7 Å². The number of piperazine rings is 1. The molecular formula is C23H28N6O. The molecule has 7 heteroatoms. The topological polar surface area (TPSA) is 57.5 Å². The lowest BCUT2D eigenvalue weighted by atomic mass is 10.1. The van der Waals surface area contributed by atoms with Crippen LogP contribution in [0.1, 0.15) is 21.7 Å². The molecule has 1 aromatic carbocycles. The van der Waals surface area contributed by atoms with Gasteiger partial charge in [0, 0.05) is 57.7 Å². The third kappa shape index (κ3) is 3.75. The summed E-state index contributed by atoms with van der Waals surface area (Å²) in [6.07, 6.45) is 1.78. The number of hydrogen-bond donors (Lipinski definition) is 0. The maximum Gasteiger partial charge on any atom is 0.254 e. The summed E-state index contributed by atoms with van der Waals surface area (Å²) in [7, 11) is 3.97. The molecule has 156 valence electrons. The lowest BCUT2D eigenvalue weighted by molar-refractivity contribution is 0.0747. The molecule has 0 radical (unpaired) electrons. The molecule has 7 nitrogen and oxygen atoms in total. The Hall–Kier alpha value is -3.35. The number of anilines is 2. The predicted octanol–water partition coefficient (Wildman–Crippen LogP) is 2.91. The molecule has 0 spiro atoms. The Kier molecular flexibility index (Phi) is 5.44. The van der Waals surface area contributed by atoms with Crippen LogP contribution in [0.5, 0.6) is 0 Å². The minimum Gasteiger partial charge on any atom is -0.378 e. The lowest BCUT2D eigenvalue weighted by Gasteiger charge is -2.36. The van der Waals surface area contributed by atoms with Crippen LogP contribution in [0.4, 0.5) is 11.4 Å². The summed E-state index contributed by atoms with van der Waals surface area (Å²) >= 11 is 0. The summed E-state index contributed by atoms with van der Waals surface area (Å²) < 4.78 is 1.90. The standard InChI is InChI=1S/C23H28N6O/c1-17-22(18(2)29(25-17)21-10-5-6-11-24-21)27-12-14-28(15-13-27)23(30)19-8-7-9-20(16-19)26(3)4/h5-11,16H,12-15H2,1-4H3. The van der Waals surface area contributed by atoms with E-state index in [1.54, 1.807) is 6.20 Å². The molecular weight excluding hydrogens is 376 g/mol. The molecule has 2 aromatic heterocycles. The van der Waals surface area contributed by atoms with Gasteiger partial charge in [0.1, 0.15) is 0 Å². The Morgan fingerprint density at radius 3 is 2.43 bits per heavy atom. The van der Waals surface area contributed by atoms with Crippen LogP contribution in [0.3, 0.4) is 0 Å². The number of amides is 1. The number of benzene rings is 1. The van der Waals surface area contributed by atoms with Crippen molar-refractivity contribution >= 4 is 17.3 Å². The highest BCUT2D eigenvalue weighted by molar-refractivity contribution is 5.95. The summed E-state index contributed by atoms with van der Waals surface area (Å²) in [5, 5.41) is 4.71. The zero-order valence-electron chi connectivity index (χ0n) is 18.0. The molecule has 1 amide bonds. The molecule has 3 aromatic rings. The molecule has 0 atom stereocenters. The highest BCUT2D eigenvalue weighted by Gasteiger charge is 2.26. The summed E-state index contributed by atoms with van der Waals surface area (Å²) in [4.78, 5) is 23.7. The number of nitrogens with zero attached hydrogens (tertiary/aromatic N) is 6. The SMILES string of the molecule is Cc1nn(-c2ccccn2)c(C)c1N1CCN(C(=O)c2cccc(N(C)C)c2)CC1. The molecule has 3 heterocycles. The van der Waals surface area contributed by atoms with E-state index in [0.29, 0.717) is 13.1 Å². The zero-order valence-corrected chi connectivity index (χ0v) is 18.0. The number of rotatable bonds is 4. The van der Waals surface area contributed by atoms with Gasteiger partial charge in [0.15, 0.2) is 5.82 Å². The van der Waals surface area contributed by atoms with Gasteiger partial charge in [-0.25, -0.2) is 9.67 Å². The van der Waals surface area contributed by atoms with E-state index in [9.17, 15) is 4.79 Å². The van der Waals surface area contributed by atoms with E-state index in [4.69, 9.17) is 5.10 Å². The molecule has 0 N–H and O–H groups in total. The molecule has 1 aliphatic heterocycles. The maximum atomic E-state index is 13.0. The molecule has 1 fully saturated rings. The van der Waals surface area contributed by atoms with E-state index in [1.165, 1.54) is 0 Å². The molecule has 0 saturated carbocycles. The Morgan fingerprint density at radius 1 is 1.00 bits per heavy atom. The first-order valence-electron chi connectivity index (χ1n) is 10.2. The average molecular weight is 405 g/mol. The first-order chi connectivity index (χ1) is 14.5. The van der Waals surface area contributed by atoms with E-state index < -0.39 is 0 Å². The van der Waals surface area contributed by atoms with Crippen molar-refractivity contribution in [3.05, 3.63) is 65.6 Å². The van der Waals surface area contributed by atoms with E-state index in [1.807, 2.05) is 78.0 Å². The van der Waals surface area contributed by atoms with E-state index >= 15 is 0 Å². The van der Waals surface area contributed by atoms with Crippen LogP contribution >= 0.6 is 0 Å². The van der Waals surface area contributed by atoms with Crippen LogP contribution < -0.4 is 9.80 Å². The molecule has 0 unspecified atom stereocenters. The quantitative estimate of drug-likeness (QED) is 0.669. The number of pyridine rings is 1. The minimum atomic E-state index is 0.0935.